The lowest BCUT2D eigenvalue weighted by molar-refractivity contribution is -0.141. The highest BCUT2D eigenvalue weighted by Gasteiger charge is 2.37. The van der Waals surface area contributed by atoms with Crippen molar-refractivity contribution in [1.82, 2.24) is 4.90 Å². The number of likely N-dealkylation sites (N-methyl/N-ethyl adjacent to an activating group) is 1. The molecule has 0 spiro atoms. The Kier molecular flexibility index (Phi) is 2.63. The summed E-state index contributed by atoms with van der Waals surface area (Å²) in [5.41, 5.74) is 1.01. The molecule has 1 N–H and O–H groups in total. The normalized spacial score (nSPS) is 26.5. The van der Waals surface area contributed by atoms with Crippen LogP contribution in [0, 0.1) is 5.92 Å². The summed E-state index contributed by atoms with van der Waals surface area (Å²) in [6.45, 7) is 1.59. The lowest BCUT2D eigenvalue weighted by Crippen LogP contribution is -2.21. The minimum Gasteiger partial charge on any atom is -0.481 e. The van der Waals surface area contributed by atoms with Gasteiger partial charge >= 0.3 is 5.97 Å². The Morgan fingerprint density at radius 2 is 2.11 bits per heavy atom. The van der Waals surface area contributed by atoms with Crippen molar-refractivity contribution in [3.63, 3.8) is 0 Å². The molecule has 0 aliphatic carbocycles. The highest BCUT2D eigenvalue weighted by Crippen LogP contribution is 2.38. The molecule has 18 heavy (non-hydrogen) atoms. The number of hydrogen-bond donors (Lipinski definition) is 1. The van der Waals surface area contributed by atoms with Crippen LogP contribution in [0.4, 0.5) is 0 Å². The van der Waals surface area contributed by atoms with Crippen molar-refractivity contribution in [2.24, 2.45) is 5.92 Å². The van der Waals surface area contributed by atoms with E-state index in [1.807, 2.05) is 30.1 Å². The van der Waals surface area contributed by atoms with E-state index in [1.165, 1.54) is 0 Å². The van der Waals surface area contributed by atoms with E-state index < -0.39 is 5.97 Å². The SMILES string of the molecule is CN1C[C@H](c2ccc3c(c2)OCO3)[C@H](C(=O)O)C1. The van der Waals surface area contributed by atoms with Gasteiger partial charge in [0.05, 0.1) is 5.92 Å². The zero-order chi connectivity index (χ0) is 12.7. The summed E-state index contributed by atoms with van der Waals surface area (Å²) in [5, 5.41) is 9.27. The molecule has 1 aromatic rings. The number of likely N-dealkylation sites (tertiary alicyclic amines) is 1. The van der Waals surface area contributed by atoms with Crippen LogP contribution >= 0.6 is 0 Å². The van der Waals surface area contributed by atoms with Gasteiger partial charge < -0.3 is 19.5 Å². The van der Waals surface area contributed by atoms with E-state index in [4.69, 9.17) is 9.47 Å². The van der Waals surface area contributed by atoms with E-state index in [-0.39, 0.29) is 18.6 Å². The quantitative estimate of drug-likeness (QED) is 0.852. The Hall–Kier alpha value is -1.75. The van der Waals surface area contributed by atoms with Gasteiger partial charge in [-0.25, -0.2) is 0 Å². The largest absolute Gasteiger partial charge is 0.481 e. The number of ether oxygens (including phenoxy) is 2. The van der Waals surface area contributed by atoms with Crippen molar-refractivity contribution in [3.8, 4) is 11.5 Å². The summed E-state index contributed by atoms with van der Waals surface area (Å²) in [4.78, 5) is 13.3. The minimum atomic E-state index is -0.734. The molecule has 2 aliphatic rings. The van der Waals surface area contributed by atoms with Gasteiger partial charge in [-0.3, -0.25) is 4.79 Å². The van der Waals surface area contributed by atoms with Crippen molar-refractivity contribution >= 4 is 5.97 Å². The first kappa shape index (κ1) is 11.3. The second-order valence-electron chi connectivity index (χ2n) is 4.89. The maximum absolute atomic E-state index is 11.3. The fourth-order valence-electron chi connectivity index (χ4n) is 2.73. The molecule has 96 valence electrons. The Balaban J connectivity index is 1.91. The molecule has 0 saturated carbocycles. The standard InChI is InChI=1S/C13H15NO4/c1-14-5-9(10(6-14)13(15)16)8-2-3-11-12(4-8)18-7-17-11/h2-4,9-10H,5-7H2,1H3,(H,15,16)/t9-,10-/m1/s1. The first-order chi connectivity index (χ1) is 8.65. The van der Waals surface area contributed by atoms with Gasteiger partial charge in [0.1, 0.15) is 0 Å². The number of benzene rings is 1. The molecule has 1 aromatic carbocycles. The third-order valence-electron chi connectivity index (χ3n) is 3.64. The predicted molar refractivity (Wildman–Crippen MR) is 63.9 cm³/mol. The molecule has 0 radical (unpaired) electrons. The fourth-order valence-corrected chi connectivity index (χ4v) is 2.73. The molecule has 0 amide bonds. The molecule has 0 aromatic heterocycles. The van der Waals surface area contributed by atoms with Crippen LogP contribution in [-0.4, -0.2) is 42.9 Å². The van der Waals surface area contributed by atoms with Crippen LogP contribution in [0.25, 0.3) is 0 Å². The van der Waals surface area contributed by atoms with Gasteiger partial charge in [0.2, 0.25) is 6.79 Å². The highest BCUT2D eigenvalue weighted by molar-refractivity contribution is 5.72. The van der Waals surface area contributed by atoms with Crippen LogP contribution in [0.2, 0.25) is 0 Å². The molecule has 2 atom stereocenters. The lowest BCUT2D eigenvalue weighted by atomic mass is 9.89. The van der Waals surface area contributed by atoms with E-state index in [1.54, 1.807) is 0 Å². The average Bonchev–Trinajstić information content (AvgIpc) is 2.93. The van der Waals surface area contributed by atoms with Gasteiger partial charge in [0.25, 0.3) is 0 Å². The van der Waals surface area contributed by atoms with E-state index in [0.29, 0.717) is 12.3 Å². The number of nitrogens with zero attached hydrogens (tertiary/aromatic N) is 1. The number of hydrogen-bond acceptors (Lipinski definition) is 4. The zero-order valence-electron chi connectivity index (χ0n) is 10.1. The number of rotatable bonds is 2. The van der Waals surface area contributed by atoms with Crippen LogP contribution < -0.4 is 9.47 Å². The van der Waals surface area contributed by atoms with Crippen molar-refractivity contribution in [3.05, 3.63) is 23.8 Å². The molecule has 0 unspecified atom stereocenters. The van der Waals surface area contributed by atoms with Gasteiger partial charge in [-0.05, 0) is 24.7 Å². The molecule has 1 saturated heterocycles. The molecule has 3 rings (SSSR count). The molecule has 5 nitrogen and oxygen atoms in total. The summed E-state index contributed by atoms with van der Waals surface area (Å²) < 4.78 is 10.6. The van der Waals surface area contributed by atoms with Crippen molar-refractivity contribution in [2.45, 2.75) is 5.92 Å². The second-order valence-corrected chi connectivity index (χ2v) is 4.89. The maximum Gasteiger partial charge on any atom is 0.308 e. The van der Waals surface area contributed by atoms with Crippen LogP contribution in [0.5, 0.6) is 11.5 Å². The topological polar surface area (TPSA) is 59.0 Å². The van der Waals surface area contributed by atoms with E-state index in [9.17, 15) is 9.90 Å². The number of carboxylic acid groups (broad SMARTS) is 1. The van der Waals surface area contributed by atoms with Crippen LogP contribution in [0.1, 0.15) is 11.5 Å². The van der Waals surface area contributed by atoms with Crippen molar-refractivity contribution < 1.29 is 19.4 Å². The van der Waals surface area contributed by atoms with E-state index in [0.717, 1.165) is 17.9 Å². The number of fused-ring (bicyclic) bond motifs is 1. The summed E-state index contributed by atoms with van der Waals surface area (Å²) in [5.74, 6) is 0.377. The third kappa shape index (κ3) is 1.80. The molecule has 0 bridgehead atoms. The van der Waals surface area contributed by atoms with E-state index in [2.05, 4.69) is 0 Å². The van der Waals surface area contributed by atoms with Gasteiger partial charge in [0, 0.05) is 19.0 Å². The first-order valence-corrected chi connectivity index (χ1v) is 5.96. The van der Waals surface area contributed by atoms with Crippen LogP contribution in [0.15, 0.2) is 18.2 Å². The monoisotopic (exact) mass is 249 g/mol. The molecular formula is C13H15NO4. The number of carboxylic acids is 1. The lowest BCUT2D eigenvalue weighted by Gasteiger charge is -2.15. The second kappa shape index (κ2) is 4.17. The van der Waals surface area contributed by atoms with Crippen molar-refractivity contribution in [1.29, 1.82) is 0 Å². The van der Waals surface area contributed by atoms with Crippen LogP contribution in [0.3, 0.4) is 0 Å². The Labute approximate surface area is 105 Å². The summed E-state index contributed by atoms with van der Waals surface area (Å²) in [7, 11) is 1.95. The smallest absolute Gasteiger partial charge is 0.308 e. The fraction of sp³-hybridized carbons (Fsp3) is 0.462. The van der Waals surface area contributed by atoms with Gasteiger partial charge in [-0.1, -0.05) is 6.07 Å². The van der Waals surface area contributed by atoms with E-state index >= 15 is 0 Å². The summed E-state index contributed by atoms with van der Waals surface area (Å²) >= 11 is 0. The molecular weight excluding hydrogens is 234 g/mol. The summed E-state index contributed by atoms with van der Waals surface area (Å²) in [6.07, 6.45) is 0. The highest BCUT2D eigenvalue weighted by atomic mass is 16.7. The number of carbonyl (C=O) groups is 1. The predicted octanol–water partition coefficient (Wildman–Crippen LogP) is 1.15. The summed E-state index contributed by atoms with van der Waals surface area (Å²) in [6, 6.07) is 5.70. The molecule has 5 heteroatoms. The maximum atomic E-state index is 11.3. The first-order valence-electron chi connectivity index (χ1n) is 5.96. The molecule has 1 fully saturated rings. The zero-order valence-corrected chi connectivity index (χ0v) is 10.1. The van der Waals surface area contributed by atoms with Crippen molar-refractivity contribution in [2.75, 3.05) is 26.9 Å². The Bertz CT molecular complexity index is 488. The van der Waals surface area contributed by atoms with Crippen LogP contribution in [-0.2, 0) is 4.79 Å². The molecule has 2 aliphatic heterocycles. The average molecular weight is 249 g/mol. The minimum absolute atomic E-state index is 0.0157. The van der Waals surface area contributed by atoms with Gasteiger partial charge in [-0.15, -0.1) is 0 Å². The van der Waals surface area contributed by atoms with Gasteiger partial charge in [0.15, 0.2) is 11.5 Å². The molecule has 2 heterocycles. The Morgan fingerprint density at radius 3 is 2.89 bits per heavy atom. The third-order valence-corrected chi connectivity index (χ3v) is 3.64. The Morgan fingerprint density at radius 1 is 1.33 bits per heavy atom. The number of aliphatic carboxylic acids is 1. The van der Waals surface area contributed by atoms with Gasteiger partial charge in [-0.2, -0.15) is 0 Å².